The van der Waals surface area contributed by atoms with Crippen molar-refractivity contribution in [2.24, 2.45) is 0 Å². The minimum atomic E-state index is -4.63. The zero-order valence-corrected chi connectivity index (χ0v) is 7.72. The fraction of sp³-hybridized carbons (Fsp3) is 0.625. The Bertz CT molecular complexity index is 299. The van der Waals surface area contributed by atoms with Gasteiger partial charge in [0.25, 0.3) is 0 Å². The second-order valence-corrected chi connectivity index (χ2v) is 3.01. The van der Waals surface area contributed by atoms with Crippen molar-refractivity contribution in [3.8, 4) is 0 Å². The summed E-state index contributed by atoms with van der Waals surface area (Å²) in [6.07, 6.45) is -7.69. The molecule has 1 aromatic heterocycles. The molecule has 1 aromatic rings. The molecule has 0 saturated heterocycles. The van der Waals surface area contributed by atoms with Crippen LogP contribution in [0.4, 0.5) is 13.2 Å². The van der Waals surface area contributed by atoms with Gasteiger partial charge in [0.15, 0.2) is 12.0 Å². The summed E-state index contributed by atoms with van der Waals surface area (Å²) in [5.41, 5.74) is 0.536. The zero-order valence-electron chi connectivity index (χ0n) is 7.72. The molecule has 0 radical (unpaired) electrons. The number of aromatic nitrogens is 1. The molecule has 0 aromatic carbocycles. The average molecular weight is 209 g/mol. The van der Waals surface area contributed by atoms with Crippen molar-refractivity contribution >= 4 is 0 Å². The number of halogens is 3. The minimum absolute atomic E-state index is 0.0928. The number of aryl methyl sites for hydroxylation is 2. The van der Waals surface area contributed by atoms with Gasteiger partial charge in [-0.2, -0.15) is 13.2 Å². The van der Waals surface area contributed by atoms with Crippen LogP contribution < -0.4 is 0 Å². The van der Waals surface area contributed by atoms with Crippen LogP contribution in [0.25, 0.3) is 0 Å². The summed E-state index contributed by atoms with van der Waals surface area (Å²) in [5.74, 6) is 0.374. The van der Waals surface area contributed by atoms with Crippen LogP contribution in [0.5, 0.6) is 0 Å². The molecule has 0 aliphatic heterocycles. The molecule has 0 fully saturated rings. The first kappa shape index (κ1) is 11.0. The number of alkyl halides is 3. The lowest BCUT2D eigenvalue weighted by molar-refractivity contribution is -0.204. The van der Waals surface area contributed by atoms with Crippen LogP contribution in [0.15, 0.2) is 4.42 Å². The first-order chi connectivity index (χ1) is 6.30. The Balaban J connectivity index is 2.70. The Morgan fingerprint density at radius 2 is 2.00 bits per heavy atom. The molecule has 1 atom stereocenters. The number of aliphatic hydroxyl groups excluding tert-OH is 1. The fourth-order valence-corrected chi connectivity index (χ4v) is 0.908. The van der Waals surface area contributed by atoms with Gasteiger partial charge in [-0.25, -0.2) is 4.98 Å². The van der Waals surface area contributed by atoms with Gasteiger partial charge in [-0.05, 0) is 13.8 Å². The highest BCUT2D eigenvalue weighted by atomic mass is 19.4. The maximum absolute atomic E-state index is 11.9. The molecule has 0 aliphatic rings. The Morgan fingerprint density at radius 3 is 2.36 bits per heavy atom. The van der Waals surface area contributed by atoms with Crippen molar-refractivity contribution < 1.29 is 22.7 Å². The number of nitrogens with zero attached hydrogens (tertiary/aromatic N) is 1. The molecule has 0 spiro atoms. The quantitative estimate of drug-likeness (QED) is 0.807. The first-order valence-corrected chi connectivity index (χ1v) is 3.98. The van der Waals surface area contributed by atoms with Gasteiger partial charge in [0.2, 0.25) is 0 Å². The third kappa shape index (κ3) is 2.47. The Morgan fingerprint density at radius 1 is 1.43 bits per heavy atom. The van der Waals surface area contributed by atoms with Crippen molar-refractivity contribution in [3.05, 3.63) is 17.3 Å². The number of rotatable bonds is 2. The van der Waals surface area contributed by atoms with Crippen LogP contribution in [-0.4, -0.2) is 22.4 Å². The van der Waals surface area contributed by atoms with Crippen LogP contribution in [-0.2, 0) is 6.42 Å². The van der Waals surface area contributed by atoms with Gasteiger partial charge < -0.3 is 9.52 Å². The molecular weight excluding hydrogens is 199 g/mol. The topological polar surface area (TPSA) is 46.3 Å². The first-order valence-electron chi connectivity index (χ1n) is 3.98. The Labute approximate surface area is 78.6 Å². The van der Waals surface area contributed by atoms with E-state index in [0.717, 1.165) is 0 Å². The van der Waals surface area contributed by atoms with Crippen LogP contribution in [0.2, 0.25) is 0 Å². The summed E-state index contributed by atoms with van der Waals surface area (Å²) in [5, 5.41) is 8.71. The molecule has 1 rings (SSSR count). The second-order valence-electron chi connectivity index (χ2n) is 3.01. The van der Waals surface area contributed by atoms with Gasteiger partial charge in [-0.15, -0.1) is 0 Å². The van der Waals surface area contributed by atoms with E-state index in [2.05, 4.69) is 4.98 Å². The number of aliphatic hydroxyl groups is 1. The van der Waals surface area contributed by atoms with Gasteiger partial charge in [-0.1, -0.05) is 0 Å². The van der Waals surface area contributed by atoms with E-state index in [9.17, 15) is 13.2 Å². The zero-order chi connectivity index (χ0) is 10.9. The molecule has 1 heterocycles. The van der Waals surface area contributed by atoms with E-state index < -0.39 is 18.7 Å². The fourth-order valence-electron chi connectivity index (χ4n) is 0.908. The Kier molecular flexibility index (Phi) is 2.84. The third-order valence-corrected chi connectivity index (χ3v) is 1.82. The molecule has 0 amide bonds. The largest absolute Gasteiger partial charge is 0.446 e. The molecule has 1 unspecified atom stereocenters. The minimum Gasteiger partial charge on any atom is -0.446 e. The standard InChI is InChI=1S/C8H10F3NO2/c1-4-5(2)14-7(12-4)3-6(13)8(9,10)11/h6,13H,3H2,1-2H3. The lowest BCUT2D eigenvalue weighted by Gasteiger charge is -2.11. The number of oxazole rings is 1. The predicted molar refractivity (Wildman–Crippen MR) is 41.7 cm³/mol. The van der Waals surface area contributed by atoms with Crippen molar-refractivity contribution in [2.75, 3.05) is 0 Å². The van der Waals surface area contributed by atoms with Gasteiger partial charge >= 0.3 is 6.18 Å². The van der Waals surface area contributed by atoms with E-state index in [-0.39, 0.29) is 5.89 Å². The maximum atomic E-state index is 11.9. The van der Waals surface area contributed by atoms with E-state index in [1.54, 1.807) is 13.8 Å². The van der Waals surface area contributed by atoms with Crippen molar-refractivity contribution in [3.63, 3.8) is 0 Å². The summed E-state index contributed by atoms with van der Waals surface area (Å²) in [4.78, 5) is 3.74. The molecule has 0 saturated carbocycles. The van der Waals surface area contributed by atoms with E-state index in [1.165, 1.54) is 0 Å². The SMILES string of the molecule is Cc1nc(CC(O)C(F)(F)F)oc1C. The van der Waals surface area contributed by atoms with Gasteiger partial charge in [0, 0.05) is 0 Å². The number of hydrogen-bond donors (Lipinski definition) is 1. The van der Waals surface area contributed by atoms with Gasteiger partial charge in [0.1, 0.15) is 5.76 Å². The van der Waals surface area contributed by atoms with E-state index in [0.29, 0.717) is 11.5 Å². The van der Waals surface area contributed by atoms with E-state index >= 15 is 0 Å². The molecular formula is C8H10F3NO2. The molecule has 6 heteroatoms. The lowest BCUT2D eigenvalue weighted by Crippen LogP contribution is -2.30. The highest BCUT2D eigenvalue weighted by Gasteiger charge is 2.39. The summed E-state index contributed by atoms with van der Waals surface area (Å²) in [7, 11) is 0. The van der Waals surface area contributed by atoms with Crippen LogP contribution in [0.1, 0.15) is 17.3 Å². The smallest absolute Gasteiger partial charge is 0.414 e. The predicted octanol–water partition coefficient (Wildman–Crippen LogP) is 1.76. The third-order valence-electron chi connectivity index (χ3n) is 1.82. The van der Waals surface area contributed by atoms with Crippen molar-refractivity contribution in [1.82, 2.24) is 4.98 Å². The van der Waals surface area contributed by atoms with Crippen LogP contribution >= 0.6 is 0 Å². The van der Waals surface area contributed by atoms with Crippen molar-refractivity contribution in [1.29, 1.82) is 0 Å². The summed E-state index contributed by atoms with van der Waals surface area (Å²) >= 11 is 0. The lowest BCUT2D eigenvalue weighted by atomic mass is 10.2. The number of hydrogen-bond acceptors (Lipinski definition) is 3. The monoisotopic (exact) mass is 209 g/mol. The molecule has 3 nitrogen and oxygen atoms in total. The summed E-state index contributed by atoms with van der Waals surface area (Å²) in [6.45, 7) is 3.23. The van der Waals surface area contributed by atoms with E-state index in [1.807, 2.05) is 0 Å². The summed E-state index contributed by atoms with van der Waals surface area (Å²) in [6, 6.07) is 0. The highest BCUT2D eigenvalue weighted by Crippen LogP contribution is 2.23. The van der Waals surface area contributed by atoms with Crippen LogP contribution in [0.3, 0.4) is 0 Å². The second kappa shape index (κ2) is 3.61. The normalized spacial score (nSPS) is 14.4. The highest BCUT2D eigenvalue weighted by molar-refractivity contribution is 5.05. The maximum Gasteiger partial charge on any atom is 0.414 e. The molecule has 0 aliphatic carbocycles. The molecule has 1 N–H and O–H groups in total. The van der Waals surface area contributed by atoms with E-state index in [4.69, 9.17) is 9.52 Å². The van der Waals surface area contributed by atoms with Gasteiger partial charge in [-0.3, -0.25) is 0 Å². The molecule has 80 valence electrons. The van der Waals surface area contributed by atoms with Crippen molar-refractivity contribution in [2.45, 2.75) is 32.5 Å². The summed E-state index contributed by atoms with van der Waals surface area (Å²) < 4.78 is 40.7. The Hall–Kier alpha value is -1.04. The molecule has 0 bridgehead atoms. The van der Waals surface area contributed by atoms with Gasteiger partial charge in [0.05, 0.1) is 12.1 Å². The van der Waals surface area contributed by atoms with Crippen LogP contribution in [0, 0.1) is 13.8 Å². The molecule has 14 heavy (non-hydrogen) atoms. The average Bonchev–Trinajstić information content (AvgIpc) is 2.29.